The average Bonchev–Trinajstić information content (AvgIpc) is 2.74. The van der Waals surface area contributed by atoms with Gasteiger partial charge in [0.25, 0.3) is 0 Å². The molecule has 0 atom stereocenters. The Bertz CT molecular complexity index is 741. The van der Waals surface area contributed by atoms with E-state index in [0.29, 0.717) is 32.9 Å². The van der Waals surface area contributed by atoms with Crippen LogP contribution in [0.5, 0.6) is 5.75 Å². The lowest BCUT2D eigenvalue weighted by Crippen LogP contribution is -2.36. The van der Waals surface area contributed by atoms with E-state index >= 15 is 0 Å². The topological polar surface area (TPSA) is 64.1 Å². The van der Waals surface area contributed by atoms with Crippen LogP contribution < -0.4 is 15.4 Å². The maximum absolute atomic E-state index is 5.64. The van der Waals surface area contributed by atoms with Crippen LogP contribution >= 0.6 is 24.0 Å². The number of para-hydroxylation sites is 1. The number of nitrogens with zero attached hydrogens (tertiary/aromatic N) is 1. The van der Waals surface area contributed by atoms with Crippen molar-refractivity contribution in [3.63, 3.8) is 0 Å². The van der Waals surface area contributed by atoms with Gasteiger partial charge in [-0.3, -0.25) is 4.99 Å². The first kappa shape index (κ1) is 25.2. The average molecular weight is 513 g/mol. The molecular formula is C22H32IN3O3. The molecule has 7 heteroatoms. The quantitative estimate of drug-likeness (QED) is 0.208. The minimum absolute atomic E-state index is 0. The molecule has 0 aliphatic rings. The third-order valence-corrected chi connectivity index (χ3v) is 4.16. The van der Waals surface area contributed by atoms with Gasteiger partial charge in [0.15, 0.2) is 5.96 Å². The molecule has 0 bridgehead atoms. The van der Waals surface area contributed by atoms with Gasteiger partial charge in [0, 0.05) is 32.3 Å². The van der Waals surface area contributed by atoms with E-state index in [1.54, 1.807) is 14.2 Å². The first-order valence-corrected chi connectivity index (χ1v) is 9.56. The minimum atomic E-state index is 0. The van der Waals surface area contributed by atoms with Gasteiger partial charge in [-0.1, -0.05) is 42.5 Å². The Morgan fingerprint density at radius 1 is 0.931 bits per heavy atom. The normalized spacial score (nSPS) is 10.9. The summed E-state index contributed by atoms with van der Waals surface area (Å²) in [5, 5.41) is 6.66. The number of hydrogen-bond acceptors (Lipinski definition) is 4. The van der Waals surface area contributed by atoms with Crippen LogP contribution in [0, 0.1) is 0 Å². The standard InChI is InChI=1S/C22H31N3O3.HI/c1-4-27-12-13-28-17-19-9-7-8-18(14-19)15-24-22(23-2)25-16-20-10-5-6-11-21(20)26-3;/h5-11,14H,4,12-13,15-17H2,1-3H3,(H2,23,24,25);1H. The maximum Gasteiger partial charge on any atom is 0.191 e. The highest BCUT2D eigenvalue weighted by Crippen LogP contribution is 2.16. The second-order valence-corrected chi connectivity index (χ2v) is 6.16. The van der Waals surface area contributed by atoms with E-state index in [-0.39, 0.29) is 24.0 Å². The van der Waals surface area contributed by atoms with Crippen molar-refractivity contribution in [3.05, 3.63) is 65.2 Å². The molecule has 2 aromatic rings. The van der Waals surface area contributed by atoms with Crippen molar-refractivity contribution in [3.8, 4) is 5.75 Å². The Labute approximate surface area is 191 Å². The van der Waals surface area contributed by atoms with E-state index in [2.05, 4.69) is 33.8 Å². The van der Waals surface area contributed by atoms with E-state index in [1.807, 2.05) is 37.3 Å². The molecule has 29 heavy (non-hydrogen) atoms. The molecule has 2 rings (SSSR count). The minimum Gasteiger partial charge on any atom is -0.496 e. The SMILES string of the molecule is CCOCCOCc1cccc(CNC(=NC)NCc2ccccc2OC)c1.I. The van der Waals surface area contributed by atoms with Gasteiger partial charge in [0.05, 0.1) is 26.9 Å². The van der Waals surface area contributed by atoms with E-state index < -0.39 is 0 Å². The van der Waals surface area contributed by atoms with Crippen molar-refractivity contribution in [1.29, 1.82) is 0 Å². The highest BCUT2D eigenvalue weighted by atomic mass is 127. The van der Waals surface area contributed by atoms with Crippen molar-refractivity contribution in [2.24, 2.45) is 4.99 Å². The molecule has 0 unspecified atom stereocenters. The molecule has 0 spiro atoms. The highest BCUT2D eigenvalue weighted by Gasteiger charge is 2.04. The second kappa shape index (κ2) is 15.1. The van der Waals surface area contributed by atoms with Crippen molar-refractivity contribution >= 4 is 29.9 Å². The zero-order valence-electron chi connectivity index (χ0n) is 17.4. The van der Waals surface area contributed by atoms with Crippen LogP contribution in [-0.4, -0.2) is 39.9 Å². The number of hydrogen-bond donors (Lipinski definition) is 2. The summed E-state index contributed by atoms with van der Waals surface area (Å²) < 4.78 is 16.3. The van der Waals surface area contributed by atoms with Gasteiger partial charge >= 0.3 is 0 Å². The summed E-state index contributed by atoms with van der Waals surface area (Å²) in [5.74, 6) is 1.60. The van der Waals surface area contributed by atoms with Gasteiger partial charge in [0.2, 0.25) is 0 Å². The van der Waals surface area contributed by atoms with Crippen LogP contribution in [-0.2, 0) is 29.2 Å². The lowest BCUT2D eigenvalue weighted by molar-refractivity contribution is 0.0453. The number of nitrogens with one attached hydrogen (secondary N) is 2. The number of halogens is 1. The fraction of sp³-hybridized carbons (Fsp3) is 0.409. The van der Waals surface area contributed by atoms with Gasteiger partial charge < -0.3 is 24.8 Å². The molecule has 0 aliphatic heterocycles. The van der Waals surface area contributed by atoms with Gasteiger partial charge in [-0.15, -0.1) is 24.0 Å². The van der Waals surface area contributed by atoms with Crippen molar-refractivity contribution in [2.75, 3.05) is 34.0 Å². The number of rotatable bonds is 11. The van der Waals surface area contributed by atoms with Gasteiger partial charge in [-0.05, 0) is 24.1 Å². The van der Waals surface area contributed by atoms with E-state index in [1.165, 1.54) is 5.56 Å². The fourth-order valence-electron chi connectivity index (χ4n) is 2.72. The number of benzene rings is 2. The predicted octanol–water partition coefficient (Wildman–Crippen LogP) is 3.73. The van der Waals surface area contributed by atoms with Crippen LogP contribution in [0.1, 0.15) is 23.6 Å². The van der Waals surface area contributed by atoms with Crippen LogP contribution in [0.3, 0.4) is 0 Å². The van der Waals surface area contributed by atoms with Gasteiger partial charge in [-0.2, -0.15) is 0 Å². The molecule has 0 heterocycles. The summed E-state index contributed by atoms with van der Waals surface area (Å²) in [5.41, 5.74) is 3.40. The largest absolute Gasteiger partial charge is 0.496 e. The van der Waals surface area contributed by atoms with Crippen LogP contribution in [0.4, 0.5) is 0 Å². The molecule has 0 aliphatic carbocycles. The van der Waals surface area contributed by atoms with Crippen LogP contribution in [0.2, 0.25) is 0 Å². The first-order valence-electron chi connectivity index (χ1n) is 9.56. The summed E-state index contributed by atoms with van der Waals surface area (Å²) in [4.78, 5) is 4.29. The smallest absolute Gasteiger partial charge is 0.191 e. The molecule has 160 valence electrons. The van der Waals surface area contributed by atoms with Gasteiger partial charge in [-0.25, -0.2) is 0 Å². The number of methoxy groups -OCH3 is 1. The Balaban J connectivity index is 0.00000420. The summed E-state index contributed by atoms with van der Waals surface area (Å²) in [7, 11) is 3.44. The van der Waals surface area contributed by atoms with Crippen molar-refractivity contribution < 1.29 is 14.2 Å². The van der Waals surface area contributed by atoms with E-state index in [9.17, 15) is 0 Å². The summed E-state index contributed by atoms with van der Waals surface area (Å²) in [6.07, 6.45) is 0. The molecule has 0 saturated heterocycles. The zero-order valence-corrected chi connectivity index (χ0v) is 19.8. The molecule has 2 aromatic carbocycles. The van der Waals surface area contributed by atoms with Crippen molar-refractivity contribution in [1.82, 2.24) is 10.6 Å². The summed E-state index contributed by atoms with van der Waals surface area (Å²) in [6, 6.07) is 16.3. The Hall–Kier alpha value is -1.84. The van der Waals surface area contributed by atoms with Crippen LogP contribution in [0.25, 0.3) is 0 Å². The lowest BCUT2D eigenvalue weighted by atomic mass is 10.1. The Morgan fingerprint density at radius 2 is 1.66 bits per heavy atom. The van der Waals surface area contributed by atoms with Crippen molar-refractivity contribution in [2.45, 2.75) is 26.6 Å². The first-order chi connectivity index (χ1) is 13.8. The lowest BCUT2D eigenvalue weighted by Gasteiger charge is -2.14. The molecule has 0 fully saturated rings. The molecule has 0 saturated carbocycles. The highest BCUT2D eigenvalue weighted by molar-refractivity contribution is 14.0. The summed E-state index contributed by atoms with van der Waals surface area (Å²) in [6.45, 7) is 5.84. The summed E-state index contributed by atoms with van der Waals surface area (Å²) >= 11 is 0. The molecule has 0 amide bonds. The molecule has 6 nitrogen and oxygen atoms in total. The molecule has 2 N–H and O–H groups in total. The monoisotopic (exact) mass is 513 g/mol. The van der Waals surface area contributed by atoms with Crippen LogP contribution in [0.15, 0.2) is 53.5 Å². The molecule has 0 aromatic heterocycles. The third kappa shape index (κ3) is 9.47. The zero-order chi connectivity index (χ0) is 20.0. The Morgan fingerprint density at radius 3 is 2.41 bits per heavy atom. The number of aliphatic imine (C=N–C) groups is 1. The maximum atomic E-state index is 5.64. The molecule has 0 radical (unpaired) electrons. The van der Waals surface area contributed by atoms with E-state index in [0.717, 1.165) is 29.4 Å². The Kier molecular flexibility index (Phi) is 13.1. The molecular weight excluding hydrogens is 481 g/mol. The number of ether oxygens (including phenoxy) is 3. The second-order valence-electron chi connectivity index (χ2n) is 6.16. The fourth-order valence-corrected chi connectivity index (χ4v) is 2.72. The third-order valence-electron chi connectivity index (χ3n) is 4.16. The van der Waals surface area contributed by atoms with E-state index in [4.69, 9.17) is 14.2 Å². The predicted molar refractivity (Wildman–Crippen MR) is 128 cm³/mol. The number of guanidine groups is 1. The van der Waals surface area contributed by atoms with Gasteiger partial charge in [0.1, 0.15) is 5.75 Å².